The molecule has 0 fully saturated rings. The molecule has 7 nitrogen and oxygen atoms in total. The van der Waals surface area contributed by atoms with Crippen LogP contribution in [0.4, 0.5) is 0 Å². The van der Waals surface area contributed by atoms with Crippen molar-refractivity contribution in [1.82, 2.24) is 10.6 Å². The highest BCUT2D eigenvalue weighted by Crippen LogP contribution is 2.32. The summed E-state index contributed by atoms with van der Waals surface area (Å²) < 4.78 is 15.6. The summed E-state index contributed by atoms with van der Waals surface area (Å²) in [6.45, 7) is 1.09. The van der Waals surface area contributed by atoms with Gasteiger partial charge in [-0.2, -0.15) is 0 Å². The van der Waals surface area contributed by atoms with Crippen LogP contribution in [-0.2, 0) is 11.3 Å². The summed E-state index contributed by atoms with van der Waals surface area (Å²) in [7, 11) is 1.58. The number of benzene rings is 2. The van der Waals surface area contributed by atoms with Gasteiger partial charge in [-0.3, -0.25) is 9.59 Å². The molecule has 1 aliphatic rings. The van der Waals surface area contributed by atoms with E-state index in [4.69, 9.17) is 14.2 Å². The molecule has 0 atom stereocenters. The molecule has 0 bridgehead atoms. The van der Waals surface area contributed by atoms with Gasteiger partial charge in [0.05, 0.1) is 7.11 Å². The van der Waals surface area contributed by atoms with E-state index in [1.54, 1.807) is 31.4 Å². The first-order chi connectivity index (χ1) is 13.2. The number of fused-ring (bicyclic) bond motifs is 1. The van der Waals surface area contributed by atoms with Gasteiger partial charge in [0, 0.05) is 25.1 Å². The quantitative estimate of drug-likeness (QED) is 0.696. The van der Waals surface area contributed by atoms with E-state index >= 15 is 0 Å². The Kier molecular flexibility index (Phi) is 6.14. The fourth-order valence-electron chi connectivity index (χ4n) is 2.64. The van der Waals surface area contributed by atoms with Crippen LogP contribution in [0.3, 0.4) is 0 Å². The average molecular weight is 370 g/mol. The zero-order valence-corrected chi connectivity index (χ0v) is 15.1. The van der Waals surface area contributed by atoms with E-state index in [9.17, 15) is 9.59 Å². The van der Waals surface area contributed by atoms with Crippen LogP contribution in [0.25, 0.3) is 0 Å². The summed E-state index contributed by atoms with van der Waals surface area (Å²) in [6, 6.07) is 12.5. The predicted octanol–water partition coefficient (Wildman–Crippen LogP) is 2.25. The summed E-state index contributed by atoms with van der Waals surface area (Å²) in [4.78, 5) is 24.0. The Morgan fingerprint density at radius 1 is 1.04 bits per heavy atom. The summed E-state index contributed by atoms with van der Waals surface area (Å²) in [6.07, 6.45) is 0.905. The summed E-state index contributed by atoms with van der Waals surface area (Å²) in [5.41, 5.74) is 1.50. The number of amides is 2. The van der Waals surface area contributed by atoms with E-state index in [0.29, 0.717) is 43.0 Å². The van der Waals surface area contributed by atoms with Crippen molar-refractivity contribution in [1.29, 1.82) is 0 Å². The normalized spacial score (nSPS) is 11.7. The summed E-state index contributed by atoms with van der Waals surface area (Å²) >= 11 is 0. The van der Waals surface area contributed by atoms with Gasteiger partial charge in [0.1, 0.15) is 5.75 Å². The van der Waals surface area contributed by atoms with E-state index in [2.05, 4.69) is 10.6 Å². The number of nitrogens with one attached hydrogen (secondary N) is 2. The van der Waals surface area contributed by atoms with Crippen LogP contribution in [0.15, 0.2) is 42.5 Å². The van der Waals surface area contributed by atoms with Gasteiger partial charge in [0.15, 0.2) is 11.5 Å². The van der Waals surface area contributed by atoms with Crippen LogP contribution in [0.1, 0.15) is 28.8 Å². The zero-order chi connectivity index (χ0) is 19.1. The Balaban J connectivity index is 1.34. The number of methoxy groups -OCH3 is 1. The van der Waals surface area contributed by atoms with Gasteiger partial charge in [0.2, 0.25) is 12.7 Å². The molecule has 27 heavy (non-hydrogen) atoms. The maximum atomic E-state index is 12.0. The van der Waals surface area contributed by atoms with E-state index in [1.165, 1.54) is 0 Å². The minimum absolute atomic E-state index is 0.0636. The molecular formula is C20H22N2O5. The lowest BCUT2D eigenvalue weighted by molar-refractivity contribution is -0.121. The van der Waals surface area contributed by atoms with Crippen LogP contribution < -0.4 is 24.8 Å². The van der Waals surface area contributed by atoms with Crippen molar-refractivity contribution >= 4 is 11.8 Å². The van der Waals surface area contributed by atoms with Crippen LogP contribution in [0.2, 0.25) is 0 Å². The molecule has 0 aromatic heterocycles. The molecular weight excluding hydrogens is 348 g/mol. The van der Waals surface area contributed by atoms with Crippen molar-refractivity contribution in [3.8, 4) is 17.2 Å². The Morgan fingerprint density at radius 2 is 1.81 bits per heavy atom. The molecule has 0 radical (unpaired) electrons. The lowest BCUT2D eigenvalue weighted by Gasteiger charge is -2.08. The molecule has 2 N–H and O–H groups in total. The molecule has 142 valence electrons. The molecule has 2 aromatic rings. The minimum atomic E-state index is -0.168. The van der Waals surface area contributed by atoms with E-state index in [0.717, 1.165) is 11.3 Å². The van der Waals surface area contributed by atoms with E-state index in [1.807, 2.05) is 18.2 Å². The lowest BCUT2D eigenvalue weighted by atomic mass is 10.2. The number of carbonyl (C=O) groups excluding carboxylic acids is 2. The molecule has 2 amide bonds. The van der Waals surface area contributed by atoms with Gasteiger partial charge in [-0.1, -0.05) is 6.07 Å². The number of rotatable bonds is 8. The van der Waals surface area contributed by atoms with Gasteiger partial charge in [-0.25, -0.2) is 0 Å². The number of carbonyl (C=O) groups is 2. The molecule has 1 aliphatic heterocycles. The molecule has 2 aromatic carbocycles. The van der Waals surface area contributed by atoms with Crippen LogP contribution in [0.5, 0.6) is 17.2 Å². The van der Waals surface area contributed by atoms with Crippen molar-refractivity contribution in [3.05, 3.63) is 53.6 Å². The minimum Gasteiger partial charge on any atom is -0.497 e. The monoisotopic (exact) mass is 370 g/mol. The fraction of sp³-hybridized carbons (Fsp3) is 0.300. The maximum Gasteiger partial charge on any atom is 0.251 e. The fourth-order valence-corrected chi connectivity index (χ4v) is 2.64. The maximum absolute atomic E-state index is 12.0. The highest BCUT2D eigenvalue weighted by molar-refractivity contribution is 5.94. The molecule has 0 aliphatic carbocycles. The first-order valence-electron chi connectivity index (χ1n) is 8.73. The molecule has 1 heterocycles. The summed E-state index contributed by atoms with van der Waals surface area (Å²) in [5.74, 6) is 1.89. The zero-order valence-electron chi connectivity index (χ0n) is 15.1. The SMILES string of the molecule is COc1ccc(C(=O)NCCCC(=O)NCc2ccc3c(c2)OCO3)cc1. The summed E-state index contributed by atoms with van der Waals surface area (Å²) in [5, 5.41) is 5.66. The average Bonchev–Trinajstić information content (AvgIpc) is 3.17. The topological polar surface area (TPSA) is 85.9 Å². The highest BCUT2D eigenvalue weighted by Gasteiger charge is 2.13. The first kappa shape index (κ1) is 18.6. The molecule has 0 saturated heterocycles. The Hall–Kier alpha value is -3.22. The second-order valence-corrected chi connectivity index (χ2v) is 6.05. The van der Waals surface area contributed by atoms with Gasteiger partial charge in [-0.15, -0.1) is 0 Å². The van der Waals surface area contributed by atoms with Crippen molar-refractivity contribution in [2.45, 2.75) is 19.4 Å². The third-order valence-electron chi connectivity index (χ3n) is 4.15. The van der Waals surface area contributed by atoms with Crippen molar-refractivity contribution in [3.63, 3.8) is 0 Å². The second kappa shape index (κ2) is 8.93. The van der Waals surface area contributed by atoms with Gasteiger partial charge >= 0.3 is 0 Å². The third kappa shape index (κ3) is 5.13. The van der Waals surface area contributed by atoms with Crippen LogP contribution in [-0.4, -0.2) is 32.3 Å². The number of ether oxygens (including phenoxy) is 3. The van der Waals surface area contributed by atoms with Gasteiger partial charge in [-0.05, 0) is 48.4 Å². The third-order valence-corrected chi connectivity index (χ3v) is 4.15. The van der Waals surface area contributed by atoms with Crippen molar-refractivity contribution in [2.75, 3.05) is 20.4 Å². The predicted molar refractivity (Wildman–Crippen MR) is 99.0 cm³/mol. The number of hydrogen-bond acceptors (Lipinski definition) is 5. The molecule has 0 saturated carbocycles. The van der Waals surface area contributed by atoms with E-state index < -0.39 is 0 Å². The molecule has 7 heteroatoms. The van der Waals surface area contributed by atoms with Crippen LogP contribution >= 0.6 is 0 Å². The largest absolute Gasteiger partial charge is 0.497 e. The van der Waals surface area contributed by atoms with E-state index in [-0.39, 0.29) is 18.6 Å². The van der Waals surface area contributed by atoms with Crippen LogP contribution in [0, 0.1) is 0 Å². The Bertz CT molecular complexity index is 805. The molecule has 0 unspecified atom stereocenters. The highest BCUT2D eigenvalue weighted by atomic mass is 16.7. The number of hydrogen-bond donors (Lipinski definition) is 2. The molecule has 0 spiro atoms. The van der Waals surface area contributed by atoms with Crippen molar-refractivity contribution < 1.29 is 23.8 Å². The van der Waals surface area contributed by atoms with Gasteiger partial charge in [0.25, 0.3) is 5.91 Å². The standard InChI is InChI=1S/C20H22N2O5/c1-25-16-7-5-15(6-8-16)20(24)21-10-2-3-19(23)22-12-14-4-9-17-18(11-14)27-13-26-17/h4-9,11H,2-3,10,12-13H2,1H3,(H,21,24)(H,22,23). The first-order valence-corrected chi connectivity index (χ1v) is 8.73. The molecule has 3 rings (SSSR count). The lowest BCUT2D eigenvalue weighted by Crippen LogP contribution is -2.27. The second-order valence-electron chi connectivity index (χ2n) is 6.05. The smallest absolute Gasteiger partial charge is 0.251 e. The Morgan fingerprint density at radius 3 is 2.59 bits per heavy atom. The Labute approximate surface area is 157 Å². The van der Waals surface area contributed by atoms with Gasteiger partial charge < -0.3 is 24.8 Å². The van der Waals surface area contributed by atoms with Crippen molar-refractivity contribution in [2.24, 2.45) is 0 Å².